The van der Waals surface area contributed by atoms with Crippen molar-refractivity contribution < 1.29 is 0 Å². The molecule has 5 fully saturated rings. The van der Waals surface area contributed by atoms with Gasteiger partial charge in [0.25, 0.3) is 0 Å². The molecule has 1 spiro atoms. The molecule has 2 N–H and O–H groups in total. The third kappa shape index (κ3) is 1.91. The summed E-state index contributed by atoms with van der Waals surface area (Å²) in [5.41, 5.74) is 7.67. The fourth-order valence-corrected chi connectivity index (χ4v) is 9.09. The third-order valence-electron chi connectivity index (χ3n) is 10.3. The number of hydrogen-bond donors (Lipinski definition) is 1. The van der Waals surface area contributed by atoms with Crippen molar-refractivity contribution in [2.24, 2.45) is 46.2 Å². The van der Waals surface area contributed by atoms with Crippen LogP contribution in [0.2, 0.25) is 0 Å². The van der Waals surface area contributed by atoms with Crippen LogP contribution in [-0.2, 0) is 0 Å². The Morgan fingerprint density at radius 2 is 1.71 bits per heavy atom. The first-order chi connectivity index (χ1) is 11.5. The van der Waals surface area contributed by atoms with Crippen LogP contribution in [0.25, 0.3) is 0 Å². The van der Waals surface area contributed by atoms with Crippen LogP contribution in [0, 0.1) is 40.4 Å². The maximum Gasteiger partial charge on any atom is 0.00982 e. The van der Waals surface area contributed by atoms with Gasteiger partial charge in [0, 0.05) is 18.6 Å². The molecule has 0 aromatic carbocycles. The molecule has 1 unspecified atom stereocenters. The molecule has 0 aromatic rings. The normalized spacial score (nSPS) is 60.2. The van der Waals surface area contributed by atoms with E-state index >= 15 is 0 Å². The van der Waals surface area contributed by atoms with Crippen LogP contribution in [-0.4, -0.2) is 30.6 Å². The fourth-order valence-electron chi connectivity index (χ4n) is 9.09. The Bertz CT molecular complexity index is 518. The fraction of sp³-hybridized carbons (Fsp3) is 1.00. The minimum Gasteiger partial charge on any atom is -0.328 e. The molecule has 9 atom stereocenters. The SMILES string of the molecule is CC1[C@H]2CC[C@@H]3[C@@H]4CC[C@H]5C[C@@H](N)CC[C@@]5(C)[C@H]4CC[C@]23CN1C. The Morgan fingerprint density at radius 3 is 2.54 bits per heavy atom. The lowest BCUT2D eigenvalue weighted by molar-refractivity contribution is -0.112. The van der Waals surface area contributed by atoms with Crippen molar-refractivity contribution in [2.75, 3.05) is 13.6 Å². The Morgan fingerprint density at radius 1 is 0.917 bits per heavy atom. The molecule has 0 bridgehead atoms. The van der Waals surface area contributed by atoms with E-state index in [2.05, 4.69) is 25.8 Å². The average molecular weight is 331 g/mol. The van der Waals surface area contributed by atoms with E-state index in [1.807, 2.05) is 0 Å². The molecular formula is C22H38N2. The Balaban J connectivity index is 1.45. The Kier molecular flexibility index (Phi) is 3.51. The summed E-state index contributed by atoms with van der Waals surface area (Å²) in [4.78, 5) is 2.70. The predicted octanol–water partition coefficient (Wildman–Crippen LogP) is 4.29. The van der Waals surface area contributed by atoms with Crippen molar-refractivity contribution >= 4 is 0 Å². The molecule has 1 heterocycles. The second-order valence-corrected chi connectivity index (χ2v) is 10.8. The van der Waals surface area contributed by atoms with Gasteiger partial charge in [0.1, 0.15) is 0 Å². The van der Waals surface area contributed by atoms with Crippen LogP contribution in [0.1, 0.15) is 71.6 Å². The van der Waals surface area contributed by atoms with Gasteiger partial charge in [0.2, 0.25) is 0 Å². The first kappa shape index (κ1) is 16.1. The van der Waals surface area contributed by atoms with Gasteiger partial charge in [-0.1, -0.05) is 6.92 Å². The lowest BCUT2D eigenvalue weighted by Crippen LogP contribution is -2.55. The third-order valence-corrected chi connectivity index (χ3v) is 10.3. The van der Waals surface area contributed by atoms with E-state index in [4.69, 9.17) is 5.73 Å². The summed E-state index contributed by atoms with van der Waals surface area (Å²) < 4.78 is 0. The van der Waals surface area contributed by atoms with Crippen LogP contribution in [0.4, 0.5) is 0 Å². The van der Waals surface area contributed by atoms with E-state index in [9.17, 15) is 0 Å². The lowest BCUT2D eigenvalue weighted by Gasteiger charge is -2.61. The van der Waals surface area contributed by atoms with E-state index in [1.165, 1.54) is 57.9 Å². The van der Waals surface area contributed by atoms with Crippen molar-refractivity contribution in [3.63, 3.8) is 0 Å². The summed E-state index contributed by atoms with van der Waals surface area (Å²) in [5, 5.41) is 0. The molecule has 2 nitrogen and oxygen atoms in total. The highest BCUT2D eigenvalue weighted by atomic mass is 15.2. The molecule has 24 heavy (non-hydrogen) atoms. The minimum absolute atomic E-state index is 0.495. The summed E-state index contributed by atoms with van der Waals surface area (Å²) in [7, 11) is 2.39. The maximum absolute atomic E-state index is 6.35. The molecule has 5 aliphatic rings. The molecule has 2 heteroatoms. The summed E-state index contributed by atoms with van der Waals surface area (Å²) in [5.74, 6) is 5.03. The van der Waals surface area contributed by atoms with Gasteiger partial charge in [0.05, 0.1) is 0 Å². The number of rotatable bonds is 0. The zero-order valence-electron chi connectivity index (χ0n) is 16.1. The zero-order chi connectivity index (χ0) is 16.7. The highest BCUT2D eigenvalue weighted by Crippen LogP contribution is 2.69. The summed E-state index contributed by atoms with van der Waals surface area (Å²) in [6, 6.07) is 1.32. The Hall–Kier alpha value is -0.0800. The molecule has 5 rings (SSSR count). The second kappa shape index (κ2) is 5.22. The molecule has 1 saturated heterocycles. The van der Waals surface area contributed by atoms with Crippen LogP contribution < -0.4 is 5.73 Å². The standard InChI is InChI=1S/C22H38N2/c1-14-18-6-7-20-17-5-4-15-12-16(23)8-10-21(15,2)19(17)9-11-22(18,20)13-24(14)3/h14-20H,4-13,23H2,1-3H3/t14?,15-,16-,17+,18+,19-,20+,21+,22-/m0/s1. The first-order valence-electron chi connectivity index (χ1n) is 10.9. The van der Waals surface area contributed by atoms with Gasteiger partial charge in [-0.15, -0.1) is 0 Å². The summed E-state index contributed by atoms with van der Waals surface area (Å²) in [6.45, 7) is 6.58. The van der Waals surface area contributed by atoms with Gasteiger partial charge in [-0.2, -0.15) is 0 Å². The van der Waals surface area contributed by atoms with Crippen molar-refractivity contribution in [3.05, 3.63) is 0 Å². The van der Waals surface area contributed by atoms with Crippen molar-refractivity contribution in [3.8, 4) is 0 Å². The van der Waals surface area contributed by atoms with Gasteiger partial charge in [0.15, 0.2) is 0 Å². The second-order valence-electron chi connectivity index (χ2n) is 10.8. The van der Waals surface area contributed by atoms with Gasteiger partial charge in [-0.3, -0.25) is 0 Å². The van der Waals surface area contributed by atoms with E-state index in [1.54, 1.807) is 6.42 Å². The van der Waals surface area contributed by atoms with E-state index < -0.39 is 0 Å². The highest BCUT2D eigenvalue weighted by Gasteiger charge is 2.64. The van der Waals surface area contributed by atoms with Gasteiger partial charge >= 0.3 is 0 Å². The molecule has 4 saturated carbocycles. The minimum atomic E-state index is 0.495. The molecule has 0 amide bonds. The molecular weight excluding hydrogens is 292 g/mol. The van der Waals surface area contributed by atoms with Crippen molar-refractivity contribution in [1.29, 1.82) is 0 Å². The number of nitrogens with zero attached hydrogens (tertiary/aromatic N) is 1. The van der Waals surface area contributed by atoms with Gasteiger partial charge in [-0.05, 0) is 112 Å². The first-order valence-corrected chi connectivity index (χ1v) is 10.9. The van der Waals surface area contributed by atoms with Crippen molar-refractivity contribution in [1.82, 2.24) is 4.90 Å². The smallest absolute Gasteiger partial charge is 0.00982 e. The van der Waals surface area contributed by atoms with Crippen molar-refractivity contribution in [2.45, 2.75) is 83.7 Å². The lowest BCUT2D eigenvalue weighted by atomic mass is 9.44. The van der Waals surface area contributed by atoms with E-state index in [0.717, 1.165) is 35.6 Å². The molecule has 0 radical (unpaired) electrons. The molecule has 1 aliphatic heterocycles. The predicted molar refractivity (Wildman–Crippen MR) is 99.6 cm³/mol. The molecule has 0 aromatic heterocycles. The largest absolute Gasteiger partial charge is 0.328 e. The van der Waals surface area contributed by atoms with Gasteiger partial charge in [-0.25, -0.2) is 0 Å². The highest BCUT2D eigenvalue weighted by molar-refractivity contribution is 5.15. The van der Waals surface area contributed by atoms with Crippen LogP contribution in [0.5, 0.6) is 0 Å². The van der Waals surface area contributed by atoms with Crippen LogP contribution >= 0.6 is 0 Å². The van der Waals surface area contributed by atoms with E-state index in [0.29, 0.717) is 16.9 Å². The summed E-state index contributed by atoms with van der Waals surface area (Å²) in [6.07, 6.45) is 13.1. The topological polar surface area (TPSA) is 29.3 Å². The number of nitrogens with two attached hydrogens (primary N) is 1. The number of hydrogen-bond acceptors (Lipinski definition) is 2. The Labute approximate surface area is 148 Å². The maximum atomic E-state index is 6.35. The molecule has 4 aliphatic carbocycles. The summed E-state index contributed by atoms with van der Waals surface area (Å²) >= 11 is 0. The quantitative estimate of drug-likeness (QED) is 0.718. The molecule has 136 valence electrons. The number of likely N-dealkylation sites (tertiary alicyclic amines) is 1. The van der Waals surface area contributed by atoms with Crippen LogP contribution in [0.3, 0.4) is 0 Å². The zero-order valence-corrected chi connectivity index (χ0v) is 16.1. The monoisotopic (exact) mass is 330 g/mol. The van der Waals surface area contributed by atoms with Gasteiger partial charge < -0.3 is 10.6 Å². The number of fused-ring (bicyclic) bond motifs is 4. The van der Waals surface area contributed by atoms with E-state index in [-0.39, 0.29) is 0 Å². The average Bonchev–Trinajstić information content (AvgIpc) is 3.03. The van der Waals surface area contributed by atoms with Crippen LogP contribution in [0.15, 0.2) is 0 Å².